The molecule has 90 valence electrons. The Bertz CT molecular complexity index is 629. The van der Waals surface area contributed by atoms with Crippen molar-refractivity contribution in [1.82, 2.24) is 0 Å². The molecule has 18 heavy (non-hydrogen) atoms. The van der Waals surface area contributed by atoms with E-state index in [0.717, 1.165) is 28.7 Å². The Kier molecular flexibility index (Phi) is 2.44. The number of rotatable bonds is 1. The number of carbonyl (C=O) groups excluding carboxylic acids is 1. The molecule has 1 unspecified atom stereocenters. The van der Waals surface area contributed by atoms with Crippen LogP contribution < -0.4 is 0 Å². The summed E-state index contributed by atoms with van der Waals surface area (Å²) in [6.45, 7) is 1.96. The molecule has 1 aliphatic rings. The molecule has 0 aromatic heterocycles. The van der Waals surface area contributed by atoms with E-state index in [0.29, 0.717) is 0 Å². The molecule has 2 heteroatoms. The van der Waals surface area contributed by atoms with Gasteiger partial charge in [0.25, 0.3) is 0 Å². The Morgan fingerprint density at radius 1 is 1.06 bits per heavy atom. The van der Waals surface area contributed by atoms with Gasteiger partial charge >= 0.3 is 0 Å². The van der Waals surface area contributed by atoms with Crippen LogP contribution in [0.2, 0.25) is 0 Å². The molecule has 0 radical (unpaired) electrons. The third-order valence-electron chi connectivity index (χ3n) is 3.57. The molecule has 2 nitrogen and oxygen atoms in total. The summed E-state index contributed by atoms with van der Waals surface area (Å²) >= 11 is 0. The second kappa shape index (κ2) is 3.98. The summed E-state index contributed by atoms with van der Waals surface area (Å²) in [5.41, 5.74) is 3.46. The van der Waals surface area contributed by atoms with Crippen LogP contribution in [0.25, 0.3) is 11.1 Å². The van der Waals surface area contributed by atoms with E-state index in [2.05, 4.69) is 0 Å². The molecule has 1 atom stereocenters. The highest BCUT2D eigenvalue weighted by Gasteiger charge is 2.29. The SMILES string of the molecule is CC1Cc2cccc(-c3ccccc3O)c2C1=O. The molecule has 0 bridgehead atoms. The number of phenols is 1. The molecule has 0 fully saturated rings. The average molecular weight is 238 g/mol. The van der Waals surface area contributed by atoms with Gasteiger partial charge in [-0.15, -0.1) is 0 Å². The molecule has 0 saturated carbocycles. The highest BCUT2D eigenvalue weighted by Crippen LogP contribution is 2.37. The maximum Gasteiger partial charge on any atom is 0.166 e. The Morgan fingerprint density at radius 2 is 1.78 bits per heavy atom. The lowest BCUT2D eigenvalue weighted by Crippen LogP contribution is -2.04. The van der Waals surface area contributed by atoms with E-state index in [4.69, 9.17) is 0 Å². The highest BCUT2D eigenvalue weighted by molar-refractivity contribution is 6.07. The van der Waals surface area contributed by atoms with Crippen LogP contribution in [0.1, 0.15) is 22.8 Å². The summed E-state index contributed by atoms with van der Waals surface area (Å²) in [7, 11) is 0. The second-order valence-electron chi connectivity index (χ2n) is 4.83. The van der Waals surface area contributed by atoms with Gasteiger partial charge in [0, 0.05) is 17.0 Å². The number of Topliss-reactive ketones (excluding diaryl/α,β-unsaturated/α-hetero) is 1. The number of hydrogen-bond donors (Lipinski definition) is 1. The molecule has 0 amide bonds. The van der Waals surface area contributed by atoms with Crippen LogP contribution in [0.15, 0.2) is 42.5 Å². The summed E-state index contributed by atoms with van der Waals surface area (Å²) in [4.78, 5) is 12.2. The minimum atomic E-state index is 0.0482. The van der Waals surface area contributed by atoms with Crippen molar-refractivity contribution in [3.05, 3.63) is 53.6 Å². The quantitative estimate of drug-likeness (QED) is 0.826. The number of fused-ring (bicyclic) bond motifs is 1. The van der Waals surface area contributed by atoms with Crippen LogP contribution in [-0.4, -0.2) is 10.9 Å². The molecule has 0 spiro atoms. The lowest BCUT2D eigenvalue weighted by molar-refractivity contribution is 0.0947. The van der Waals surface area contributed by atoms with Crippen molar-refractivity contribution in [1.29, 1.82) is 0 Å². The van der Waals surface area contributed by atoms with Gasteiger partial charge in [0.05, 0.1) is 0 Å². The fourth-order valence-electron chi connectivity index (χ4n) is 2.66. The van der Waals surface area contributed by atoms with Crippen molar-refractivity contribution in [2.24, 2.45) is 5.92 Å². The number of hydrogen-bond acceptors (Lipinski definition) is 2. The molecular formula is C16H14O2. The van der Waals surface area contributed by atoms with E-state index in [9.17, 15) is 9.90 Å². The van der Waals surface area contributed by atoms with Crippen molar-refractivity contribution in [3.63, 3.8) is 0 Å². The number of phenolic OH excluding ortho intramolecular Hbond substituents is 1. The molecule has 0 heterocycles. The Balaban J connectivity index is 2.25. The summed E-state index contributed by atoms with van der Waals surface area (Å²) in [5, 5.41) is 9.94. The first kappa shape index (κ1) is 11.0. The molecule has 3 rings (SSSR count). The fourth-order valence-corrected chi connectivity index (χ4v) is 2.66. The molecule has 2 aromatic carbocycles. The number of aromatic hydroxyl groups is 1. The molecule has 2 aromatic rings. The van der Waals surface area contributed by atoms with E-state index in [1.165, 1.54) is 0 Å². The summed E-state index contributed by atoms with van der Waals surface area (Å²) < 4.78 is 0. The first-order chi connectivity index (χ1) is 8.68. The van der Waals surface area contributed by atoms with Crippen LogP contribution >= 0.6 is 0 Å². The second-order valence-corrected chi connectivity index (χ2v) is 4.83. The molecule has 0 aliphatic heterocycles. The summed E-state index contributed by atoms with van der Waals surface area (Å²) in [5.74, 6) is 0.453. The third kappa shape index (κ3) is 1.53. The van der Waals surface area contributed by atoms with Crippen molar-refractivity contribution < 1.29 is 9.90 Å². The average Bonchev–Trinajstić information content (AvgIpc) is 2.66. The topological polar surface area (TPSA) is 37.3 Å². The van der Waals surface area contributed by atoms with Gasteiger partial charge in [-0.2, -0.15) is 0 Å². The largest absolute Gasteiger partial charge is 0.507 e. The van der Waals surface area contributed by atoms with Crippen molar-refractivity contribution in [3.8, 4) is 16.9 Å². The minimum absolute atomic E-state index is 0.0482. The lowest BCUT2D eigenvalue weighted by atomic mass is 9.95. The molecular weight excluding hydrogens is 224 g/mol. The van der Waals surface area contributed by atoms with E-state index >= 15 is 0 Å². The number of carbonyl (C=O) groups is 1. The van der Waals surface area contributed by atoms with E-state index < -0.39 is 0 Å². The van der Waals surface area contributed by atoms with Crippen LogP contribution in [0.5, 0.6) is 5.75 Å². The van der Waals surface area contributed by atoms with Gasteiger partial charge in [-0.05, 0) is 23.6 Å². The van der Waals surface area contributed by atoms with Crippen LogP contribution in [0, 0.1) is 5.92 Å². The molecule has 1 N–H and O–H groups in total. The first-order valence-corrected chi connectivity index (χ1v) is 6.13. The predicted octanol–water partition coefficient (Wildman–Crippen LogP) is 3.43. The maximum atomic E-state index is 12.2. The third-order valence-corrected chi connectivity index (χ3v) is 3.57. The first-order valence-electron chi connectivity index (χ1n) is 6.13. The Labute approximate surface area is 106 Å². The highest BCUT2D eigenvalue weighted by atomic mass is 16.3. The predicted molar refractivity (Wildman–Crippen MR) is 70.7 cm³/mol. The molecule has 0 saturated heterocycles. The van der Waals surface area contributed by atoms with Crippen LogP contribution in [-0.2, 0) is 6.42 Å². The van der Waals surface area contributed by atoms with E-state index in [1.54, 1.807) is 12.1 Å². The van der Waals surface area contributed by atoms with Crippen LogP contribution in [0.4, 0.5) is 0 Å². The minimum Gasteiger partial charge on any atom is -0.507 e. The lowest BCUT2D eigenvalue weighted by Gasteiger charge is -2.09. The fraction of sp³-hybridized carbons (Fsp3) is 0.188. The van der Waals surface area contributed by atoms with Gasteiger partial charge in [0.2, 0.25) is 0 Å². The van der Waals surface area contributed by atoms with E-state index in [-0.39, 0.29) is 17.5 Å². The zero-order valence-electron chi connectivity index (χ0n) is 10.2. The van der Waals surface area contributed by atoms with Gasteiger partial charge in [-0.25, -0.2) is 0 Å². The summed E-state index contributed by atoms with van der Waals surface area (Å²) in [6, 6.07) is 13.0. The van der Waals surface area contributed by atoms with Crippen molar-refractivity contribution in [2.75, 3.05) is 0 Å². The van der Waals surface area contributed by atoms with Crippen molar-refractivity contribution in [2.45, 2.75) is 13.3 Å². The zero-order chi connectivity index (χ0) is 12.7. The van der Waals surface area contributed by atoms with Gasteiger partial charge in [0.1, 0.15) is 5.75 Å². The zero-order valence-corrected chi connectivity index (χ0v) is 10.2. The Hall–Kier alpha value is -2.09. The van der Waals surface area contributed by atoms with Crippen LogP contribution in [0.3, 0.4) is 0 Å². The monoisotopic (exact) mass is 238 g/mol. The standard InChI is InChI=1S/C16H14O2/c1-10-9-11-5-4-7-13(15(11)16(10)18)12-6-2-3-8-14(12)17/h2-8,10,17H,9H2,1H3. The number of para-hydroxylation sites is 1. The van der Waals surface area contributed by atoms with Gasteiger partial charge in [0.15, 0.2) is 5.78 Å². The van der Waals surface area contributed by atoms with Crippen molar-refractivity contribution >= 4 is 5.78 Å². The van der Waals surface area contributed by atoms with Gasteiger partial charge in [-0.3, -0.25) is 4.79 Å². The Morgan fingerprint density at radius 3 is 2.56 bits per heavy atom. The van der Waals surface area contributed by atoms with Gasteiger partial charge < -0.3 is 5.11 Å². The van der Waals surface area contributed by atoms with Gasteiger partial charge in [-0.1, -0.05) is 43.3 Å². The number of benzene rings is 2. The normalized spacial score (nSPS) is 17.8. The maximum absolute atomic E-state index is 12.2. The smallest absolute Gasteiger partial charge is 0.166 e. The number of ketones is 1. The summed E-state index contributed by atoms with van der Waals surface area (Å²) in [6.07, 6.45) is 0.801. The molecule has 1 aliphatic carbocycles. The van der Waals surface area contributed by atoms with E-state index in [1.807, 2.05) is 37.3 Å².